The normalized spacial score (nSPS) is 22.0. The van der Waals surface area contributed by atoms with Crippen LogP contribution in [0, 0.1) is 12.8 Å². The fraction of sp³-hybridized carbons (Fsp3) is 0.526. The number of benzene rings is 1. The quantitative estimate of drug-likeness (QED) is 0.875. The van der Waals surface area contributed by atoms with Gasteiger partial charge in [-0.25, -0.2) is 0 Å². The van der Waals surface area contributed by atoms with Crippen molar-refractivity contribution in [1.29, 1.82) is 0 Å². The van der Waals surface area contributed by atoms with Crippen LogP contribution >= 0.6 is 0 Å². The number of likely N-dealkylation sites (tertiary alicyclic amines) is 1. The summed E-state index contributed by atoms with van der Waals surface area (Å²) in [5.74, 6) is 1.92. The van der Waals surface area contributed by atoms with Crippen molar-refractivity contribution < 1.29 is 9.32 Å². The number of carbonyl (C=O) groups excluding carboxylic acids is 1. The zero-order valence-electron chi connectivity index (χ0n) is 14.5. The molecule has 0 unspecified atom stereocenters. The Hall–Kier alpha value is -2.21. The van der Waals surface area contributed by atoms with Gasteiger partial charge < -0.3 is 9.84 Å². The van der Waals surface area contributed by atoms with Crippen LogP contribution in [-0.4, -0.2) is 34.0 Å². The Morgan fingerprint density at radius 1 is 1.32 bits per heavy atom. The molecule has 4 rings (SSSR count). The van der Waals surface area contributed by atoms with E-state index in [4.69, 9.17) is 4.52 Å². The Morgan fingerprint density at radius 2 is 2.12 bits per heavy atom. The minimum atomic E-state index is 0.0767. The highest BCUT2D eigenvalue weighted by molar-refractivity contribution is 5.78. The van der Waals surface area contributed by atoms with Gasteiger partial charge in [0.05, 0.1) is 18.6 Å². The van der Waals surface area contributed by atoms with Crippen LogP contribution in [0.4, 0.5) is 0 Å². The average molecular weight is 340 g/mol. The van der Waals surface area contributed by atoms with Gasteiger partial charge in [-0.2, -0.15) is 4.98 Å². The lowest BCUT2D eigenvalue weighted by atomic mass is 10.0. The molecule has 1 aliphatic heterocycles. The molecule has 25 heavy (non-hydrogen) atoms. The van der Waals surface area contributed by atoms with E-state index < -0.39 is 0 Å². The number of hydrogen-bond acceptors (Lipinski definition) is 5. The molecule has 0 spiro atoms. The van der Waals surface area contributed by atoms with Crippen molar-refractivity contribution in [2.45, 2.75) is 44.7 Å². The molecule has 2 fully saturated rings. The Bertz CT molecular complexity index is 726. The molecule has 132 valence electrons. The van der Waals surface area contributed by atoms with Crippen LogP contribution in [0.2, 0.25) is 0 Å². The van der Waals surface area contributed by atoms with E-state index in [1.165, 1.54) is 18.4 Å². The summed E-state index contributed by atoms with van der Waals surface area (Å²) in [4.78, 5) is 19.2. The molecule has 1 saturated heterocycles. The van der Waals surface area contributed by atoms with Crippen LogP contribution in [0.25, 0.3) is 0 Å². The Balaban J connectivity index is 1.41. The highest BCUT2D eigenvalue weighted by Gasteiger charge is 2.35. The van der Waals surface area contributed by atoms with Crippen molar-refractivity contribution in [3.8, 4) is 0 Å². The van der Waals surface area contributed by atoms with Crippen molar-refractivity contribution in [3.05, 3.63) is 47.6 Å². The molecule has 1 aromatic carbocycles. The molecule has 1 aliphatic carbocycles. The second kappa shape index (κ2) is 6.96. The molecular formula is C19H24N4O2. The number of nitrogens with zero attached hydrogens (tertiary/aromatic N) is 3. The van der Waals surface area contributed by atoms with Crippen LogP contribution in [0.3, 0.4) is 0 Å². The monoisotopic (exact) mass is 340 g/mol. The number of aromatic nitrogens is 2. The van der Waals surface area contributed by atoms with E-state index in [0.29, 0.717) is 24.2 Å². The number of rotatable bonds is 6. The van der Waals surface area contributed by atoms with Crippen LogP contribution in [0.15, 0.2) is 34.9 Å². The van der Waals surface area contributed by atoms with Gasteiger partial charge in [-0.05, 0) is 43.7 Å². The van der Waals surface area contributed by atoms with Gasteiger partial charge in [-0.3, -0.25) is 9.69 Å². The van der Waals surface area contributed by atoms with E-state index in [1.54, 1.807) is 6.92 Å². The molecule has 0 bridgehead atoms. The number of carbonyl (C=O) groups is 1. The summed E-state index contributed by atoms with van der Waals surface area (Å²) in [6.07, 6.45) is 4.40. The molecule has 2 heterocycles. The Kier molecular flexibility index (Phi) is 4.53. The van der Waals surface area contributed by atoms with Gasteiger partial charge in [0, 0.05) is 6.92 Å². The van der Waals surface area contributed by atoms with Crippen molar-refractivity contribution in [2.24, 2.45) is 5.92 Å². The van der Waals surface area contributed by atoms with Crippen LogP contribution in [0.1, 0.15) is 55.0 Å². The first kappa shape index (κ1) is 16.3. The highest BCUT2D eigenvalue weighted by atomic mass is 16.5. The van der Waals surface area contributed by atoms with E-state index >= 15 is 0 Å². The van der Waals surface area contributed by atoms with E-state index in [1.807, 2.05) is 18.2 Å². The molecule has 6 heteroatoms. The fourth-order valence-corrected chi connectivity index (χ4v) is 3.72. The van der Waals surface area contributed by atoms with E-state index in [0.717, 1.165) is 19.4 Å². The standard InChI is InChI=1S/C19H24N4O2/c1-13-20-19(22-25-13)16-8-5-11-23(16)12-17(24)21-18(15-9-10-15)14-6-3-2-4-7-14/h2-4,6-7,15-16,18H,5,8-12H2,1H3,(H,21,24)/t16-,18-/m0/s1. The Morgan fingerprint density at radius 3 is 2.80 bits per heavy atom. The summed E-state index contributed by atoms with van der Waals surface area (Å²) in [7, 11) is 0. The summed E-state index contributed by atoms with van der Waals surface area (Å²) in [6, 6.07) is 10.5. The summed E-state index contributed by atoms with van der Waals surface area (Å²) in [6.45, 7) is 3.07. The zero-order valence-corrected chi connectivity index (χ0v) is 14.5. The van der Waals surface area contributed by atoms with Gasteiger partial charge in [0.1, 0.15) is 0 Å². The molecule has 2 aromatic rings. The highest BCUT2D eigenvalue weighted by Crippen LogP contribution is 2.41. The minimum Gasteiger partial charge on any atom is -0.348 e. The van der Waals surface area contributed by atoms with Crippen LogP contribution in [0.5, 0.6) is 0 Å². The lowest BCUT2D eigenvalue weighted by Crippen LogP contribution is -2.39. The summed E-state index contributed by atoms with van der Waals surface area (Å²) >= 11 is 0. The maximum absolute atomic E-state index is 12.7. The molecular weight excluding hydrogens is 316 g/mol. The molecule has 1 amide bonds. The minimum absolute atomic E-state index is 0.0767. The largest absolute Gasteiger partial charge is 0.348 e. The lowest BCUT2D eigenvalue weighted by molar-refractivity contribution is -0.123. The fourth-order valence-electron chi connectivity index (χ4n) is 3.72. The zero-order chi connectivity index (χ0) is 17.2. The molecule has 1 saturated carbocycles. The second-order valence-electron chi connectivity index (χ2n) is 7.09. The average Bonchev–Trinajstić information content (AvgIpc) is 3.21. The first-order valence-corrected chi connectivity index (χ1v) is 9.09. The van der Waals surface area contributed by atoms with Gasteiger partial charge in [-0.1, -0.05) is 35.5 Å². The predicted octanol–water partition coefficient (Wildman–Crippen LogP) is 2.78. The number of amides is 1. The van der Waals surface area contributed by atoms with Crippen molar-refractivity contribution in [3.63, 3.8) is 0 Å². The third-order valence-corrected chi connectivity index (χ3v) is 5.12. The number of aryl methyl sites for hydroxylation is 1. The molecule has 1 N–H and O–H groups in total. The van der Waals surface area contributed by atoms with Gasteiger partial charge in [0.25, 0.3) is 0 Å². The SMILES string of the molecule is Cc1nc([C@@H]2CCCN2CC(=O)N[C@@H](c2ccccc2)C2CC2)no1. The van der Waals surface area contributed by atoms with Gasteiger partial charge in [0.2, 0.25) is 11.8 Å². The van der Waals surface area contributed by atoms with Crippen molar-refractivity contribution in [2.75, 3.05) is 13.1 Å². The van der Waals surface area contributed by atoms with E-state index in [-0.39, 0.29) is 18.0 Å². The van der Waals surface area contributed by atoms with E-state index in [2.05, 4.69) is 32.5 Å². The first-order valence-electron chi connectivity index (χ1n) is 9.09. The van der Waals surface area contributed by atoms with Gasteiger partial charge in [0.15, 0.2) is 5.82 Å². The Labute approximate surface area is 147 Å². The third kappa shape index (κ3) is 3.74. The van der Waals surface area contributed by atoms with Gasteiger partial charge in [-0.15, -0.1) is 0 Å². The first-order chi connectivity index (χ1) is 12.2. The molecule has 1 aromatic heterocycles. The topological polar surface area (TPSA) is 71.3 Å². The number of nitrogens with one attached hydrogen (secondary N) is 1. The third-order valence-electron chi connectivity index (χ3n) is 5.12. The summed E-state index contributed by atoms with van der Waals surface area (Å²) in [5.41, 5.74) is 1.20. The molecule has 2 aliphatic rings. The lowest BCUT2D eigenvalue weighted by Gasteiger charge is -2.24. The van der Waals surface area contributed by atoms with E-state index in [9.17, 15) is 4.79 Å². The van der Waals surface area contributed by atoms with Crippen LogP contribution < -0.4 is 5.32 Å². The van der Waals surface area contributed by atoms with Crippen molar-refractivity contribution in [1.82, 2.24) is 20.4 Å². The van der Waals surface area contributed by atoms with Crippen molar-refractivity contribution >= 4 is 5.91 Å². The molecule has 0 radical (unpaired) electrons. The predicted molar refractivity (Wildman–Crippen MR) is 92.6 cm³/mol. The second-order valence-corrected chi connectivity index (χ2v) is 7.09. The maximum Gasteiger partial charge on any atom is 0.234 e. The van der Waals surface area contributed by atoms with Gasteiger partial charge >= 0.3 is 0 Å². The smallest absolute Gasteiger partial charge is 0.234 e. The summed E-state index contributed by atoms with van der Waals surface area (Å²) in [5, 5.41) is 7.30. The number of hydrogen-bond donors (Lipinski definition) is 1. The maximum atomic E-state index is 12.7. The molecule has 6 nitrogen and oxygen atoms in total. The summed E-state index contributed by atoms with van der Waals surface area (Å²) < 4.78 is 5.10. The van der Waals surface area contributed by atoms with Crippen LogP contribution in [-0.2, 0) is 4.79 Å². The molecule has 2 atom stereocenters.